The second-order valence-corrected chi connectivity index (χ2v) is 2.24. The largest absolute Gasteiger partial charge is 0.261 e. The summed E-state index contributed by atoms with van der Waals surface area (Å²) in [5.74, 6) is 0. The number of pyridine rings is 1. The van der Waals surface area contributed by atoms with Gasteiger partial charge in [0.15, 0.2) is 5.65 Å². The van der Waals surface area contributed by atoms with Crippen LogP contribution in [0.25, 0.3) is 17.1 Å². The van der Waals surface area contributed by atoms with E-state index in [9.17, 15) is 0 Å². The highest BCUT2D eigenvalue weighted by atomic mass is 15.1. The van der Waals surface area contributed by atoms with Crippen LogP contribution in [0.4, 0.5) is 0 Å². The Bertz CT molecular complexity index is 389. The normalized spacial score (nSPS) is 10.2. The van der Waals surface area contributed by atoms with Crippen LogP contribution in [-0.4, -0.2) is 15.2 Å². The molecule has 0 fully saturated rings. The average molecular weight is 145 g/mol. The highest BCUT2D eigenvalue weighted by Crippen LogP contribution is 2.13. The van der Waals surface area contributed by atoms with Gasteiger partial charge in [0.25, 0.3) is 0 Å². The Morgan fingerprint density at radius 2 is 2.45 bits per heavy atom. The number of nitrogens with one attached hydrogen (secondary N) is 1. The Labute approximate surface area is 63.8 Å². The predicted octanol–water partition coefficient (Wildman–Crippen LogP) is 1.60. The van der Waals surface area contributed by atoms with Crippen LogP contribution in [0.5, 0.6) is 0 Å². The quantitative estimate of drug-likeness (QED) is 0.662. The second kappa shape index (κ2) is 2.20. The zero-order valence-electron chi connectivity index (χ0n) is 5.91. The molecule has 2 aromatic rings. The highest BCUT2D eigenvalue weighted by Gasteiger charge is 1.98. The summed E-state index contributed by atoms with van der Waals surface area (Å²) in [6.07, 6.45) is 5.27. The number of rotatable bonds is 1. The van der Waals surface area contributed by atoms with Gasteiger partial charge in [0.1, 0.15) is 0 Å². The lowest BCUT2D eigenvalue weighted by atomic mass is 10.2. The van der Waals surface area contributed by atoms with E-state index in [0.717, 1.165) is 16.6 Å². The third kappa shape index (κ3) is 0.816. The molecule has 0 bridgehead atoms. The van der Waals surface area contributed by atoms with E-state index in [-0.39, 0.29) is 0 Å². The molecule has 3 heteroatoms. The molecular weight excluding hydrogens is 138 g/mol. The minimum Gasteiger partial charge on any atom is -0.261 e. The number of H-pyrrole nitrogens is 1. The van der Waals surface area contributed by atoms with E-state index in [0.29, 0.717) is 0 Å². The summed E-state index contributed by atoms with van der Waals surface area (Å²) in [5, 5.41) is 7.68. The molecule has 0 aliphatic rings. The van der Waals surface area contributed by atoms with Crippen molar-refractivity contribution in [2.75, 3.05) is 0 Å². The number of aromatic nitrogens is 3. The van der Waals surface area contributed by atoms with Crippen LogP contribution in [0.2, 0.25) is 0 Å². The maximum Gasteiger partial charge on any atom is 0.155 e. The van der Waals surface area contributed by atoms with Crippen molar-refractivity contribution in [2.24, 2.45) is 0 Å². The van der Waals surface area contributed by atoms with Crippen molar-refractivity contribution >= 4 is 17.1 Å². The SMILES string of the molecule is C=Cc1ccnc2[nH]ncc12. The van der Waals surface area contributed by atoms with Gasteiger partial charge >= 0.3 is 0 Å². The van der Waals surface area contributed by atoms with Crippen molar-refractivity contribution in [1.82, 2.24) is 15.2 Å². The Morgan fingerprint density at radius 3 is 3.27 bits per heavy atom. The molecule has 1 N–H and O–H groups in total. The lowest BCUT2D eigenvalue weighted by Gasteiger charge is -1.91. The third-order valence-corrected chi connectivity index (χ3v) is 1.61. The van der Waals surface area contributed by atoms with E-state index in [4.69, 9.17) is 0 Å². The van der Waals surface area contributed by atoms with Crippen molar-refractivity contribution < 1.29 is 0 Å². The zero-order valence-corrected chi connectivity index (χ0v) is 5.91. The van der Waals surface area contributed by atoms with E-state index in [1.165, 1.54) is 0 Å². The Morgan fingerprint density at radius 1 is 1.55 bits per heavy atom. The van der Waals surface area contributed by atoms with Gasteiger partial charge in [-0.15, -0.1) is 0 Å². The molecule has 3 nitrogen and oxygen atoms in total. The fraction of sp³-hybridized carbons (Fsp3) is 0. The van der Waals surface area contributed by atoms with E-state index < -0.39 is 0 Å². The molecule has 0 saturated carbocycles. The standard InChI is InChI=1S/C8H7N3/c1-2-6-3-4-9-8-7(6)5-10-11-8/h2-5H,1H2,(H,9,10,11). The molecule has 0 aliphatic carbocycles. The van der Waals surface area contributed by atoms with Gasteiger partial charge in [-0.2, -0.15) is 5.10 Å². The van der Waals surface area contributed by atoms with Gasteiger partial charge in [-0.3, -0.25) is 5.10 Å². The molecule has 0 atom stereocenters. The van der Waals surface area contributed by atoms with Crippen molar-refractivity contribution in [3.05, 3.63) is 30.6 Å². The van der Waals surface area contributed by atoms with Crippen molar-refractivity contribution in [1.29, 1.82) is 0 Å². The smallest absolute Gasteiger partial charge is 0.155 e. The monoisotopic (exact) mass is 145 g/mol. The lowest BCUT2D eigenvalue weighted by molar-refractivity contribution is 1.10. The minimum absolute atomic E-state index is 0.808. The van der Waals surface area contributed by atoms with Gasteiger partial charge in [0, 0.05) is 11.6 Å². The molecule has 2 rings (SSSR count). The molecule has 0 spiro atoms. The molecular formula is C8H7N3. The minimum atomic E-state index is 0.808. The molecule has 54 valence electrons. The molecule has 0 radical (unpaired) electrons. The Hall–Kier alpha value is -1.64. The van der Waals surface area contributed by atoms with Gasteiger partial charge in [0.2, 0.25) is 0 Å². The Balaban J connectivity index is 2.88. The summed E-state index contributed by atoms with van der Waals surface area (Å²) < 4.78 is 0. The van der Waals surface area contributed by atoms with E-state index >= 15 is 0 Å². The van der Waals surface area contributed by atoms with Crippen LogP contribution in [0, 0.1) is 0 Å². The number of fused-ring (bicyclic) bond motifs is 1. The van der Waals surface area contributed by atoms with E-state index in [1.54, 1.807) is 18.5 Å². The molecule has 0 unspecified atom stereocenters. The summed E-state index contributed by atoms with van der Waals surface area (Å²) in [6.45, 7) is 3.69. The molecule has 0 amide bonds. The van der Waals surface area contributed by atoms with Crippen LogP contribution in [0.15, 0.2) is 25.0 Å². The van der Waals surface area contributed by atoms with Gasteiger partial charge < -0.3 is 0 Å². The van der Waals surface area contributed by atoms with Crippen LogP contribution < -0.4 is 0 Å². The number of hydrogen-bond donors (Lipinski definition) is 1. The number of hydrogen-bond acceptors (Lipinski definition) is 2. The number of aromatic amines is 1. The first kappa shape index (κ1) is 6.09. The topological polar surface area (TPSA) is 41.6 Å². The van der Waals surface area contributed by atoms with Crippen LogP contribution >= 0.6 is 0 Å². The second-order valence-electron chi connectivity index (χ2n) is 2.24. The van der Waals surface area contributed by atoms with Gasteiger partial charge in [0.05, 0.1) is 6.20 Å². The first-order valence-electron chi connectivity index (χ1n) is 3.32. The summed E-state index contributed by atoms with van der Waals surface area (Å²) >= 11 is 0. The van der Waals surface area contributed by atoms with Gasteiger partial charge in [-0.25, -0.2) is 4.98 Å². The van der Waals surface area contributed by atoms with E-state index in [2.05, 4.69) is 21.8 Å². The summed E-state index contributed by atoms with van der Waals surface area (Å²) in [7, 11) is 0. The third-order valence-electron chi connectivity index (χ3n) is 1.61. The summed E-state index contributed by atoms with van der Waals surface area (Å²) in [6, 6.07) is 1.91. The number of nitrogens with zero attached hydrogens (tertiary/aromatic N) is 2. The van der Waals surface area contributed by atoms with Crippen LogP contribution in [0.3, 0.4) is 0 Å². The van der Waals surface area contributed by atoms with Crippen LogP contribution in [-0.2, 0) is 0 Å². The fourth-order valence-corrected chi connectivity index (χ4v) is 1.05. The molecule has 2 aromatic heterocycles. The molecule has 2 heterocycles. The maximum atomic E-state index is 4.08. The first-order valence-corrected chi connectivity index (χ1v) is 3.32. The zero-order chi connectivity index (χ0) is 7.68. The maximum absolute atomic E-state index is 4.08. The molecule has 11 heavy (non-hydrogen) atoms. The summed E-state index contributed by atoms with van der Waals surface area (Å²) in [4.78, 5) is 4.08. The van der Waals surface area contributed by atoms with Gasteiger partial charge in [-0.05, 0) is 11.6 Å². The summed E-state index contributed by atoms with van der Waals surface area (Å²) in [5.41, 5.74) is 1.87. The molecule has 0 aromatic carbocycles. The van der Waals surface area contributed by atoms with Crippen molar-refractivity contribution in [2.45, 2.75) is 0 Å². The first-order chi connectivity index (χ1) is 5.42. The van der Waals surface area contributed by atoms with Crippen molar-refractivity contribution in [3.63, 3.8) is 0 Å². The highest BCUT2D eigenvalue weighted by molar-refractivity contribution is 5.83. The average Bonchev–Trinajstić information content (AvgIpc) is 2.50. The lowest BCUT2D eigenvalue weighted by Crippen LogP contribution is -1.77. The van der Waals surface area contributed by atoms with Crippen molar-refractivity contribution in [3.8, 4) is 0 Å². The molecule has 0 saturated heterocycles. The van der Waals surface area contributed by atoms with Gasteiger partial charge in [-0.1, -0.05) is 12.7 Å². The predicted molar refractivity (Wildman–Crippen MR) is 44.0 cm³/mol. The van der Waals surface area contributed by atoms with Crippen LogP contribution in [0.1, 0.15) is 5.56 Å². The Kier molecular flexibility index (Phi) is 1.22. The molecule has 0 aliphatic heterocycles. The van der Waals surface area contributed by atoms with E-state index in [1.807, 2.05) is 6.07 Å². The fourth-order valence-electron chi connectivity index (χ4n) is 1.05.